The zero-order valence-corrected chi connectivity index (χ0v) is 19.2. The number of imide groups is 1. The van der Waals surface area contributed by atoms with Gasteiger partial charge in [-0.2, -0.15) is 0 Å². The molecular formula is C26H26N4O4. The van der Waals surface area contributed by atoms with E-state index in [0.717, 1.165) is 29.1 Å². The summed E-state index contributed by atoms with van der Waals surface area (Å²) in [5.41, 5.74) is 5.71. The van der Waals surface area contributed by atoms with Gasteiger partial charge in [-0.05, 0) is 43.5 Å². The SMILES string of the molecule is Cc1ncn(Cc2ccc(COc3cccc4c3CN([C@@H]3CCC(=O)NC3=O)C4=O)cc2)c1C. The molecule has 3 aromatic rings. The molecule has 174 valence electrons. The first kappa shape index (κ1) is 21.9. The van der Waals surface area contributed by atoms with E-state index in [-0.39, 0.29) is 18.2 Å². The molecule has 0 saturated carbocycles. The molecule has 5 rings (SSSR count). The molecule has 0 spiro atoms. The van der Waals surface area contributed by atoms with Gasteiger partial charge in [0.2, 0.25) is 11.8 Å². The van der Waals surface area contributed by atoms with E-state index >= 15 is 0 Å². The number of aryl methyl sites for hydroxylation is 1. The van der Waals surface area contributed by atoms with Crippen LogP contribution in [0.1, 0.15) is 51.3 Å². The Labute approximate surface area is 197 Å². The molecule has 34 heavy (non-hydrogen) atoms. The Morgan fingerprint density at radius 2 is 1.82 bits per heavy atom. The second kappa shape index (κ2) is 8.78. The number of nitrogens with zero attached hydrogens (tertiary/aromatic N) is 3. The molecule has 0 radical (unpaired) electrons. The molecule has 0 unspecified atom stereocenters. The van der Waals surface area contributed by atoms with Crippen molar-refractivity contribution in [2.75, 3.05) is 0 Å². The number of hydrogen-bond acceptors (Lipinski definition) is 5. The lowest BCUT2D eigenvalue weighted by atomic mass is 10.0. The summed E-state index contributed by atoms with van der Waals surface area (Å²) in [6, 6.07) is 13.0. The van der Waals surface area contributed by atoms with Gasteiger partial charge in [-0.15, -0.1) is 0 Å². The molecule has 1 saturated heterocycles. The number of amides is 3. The van der Waals surface area contributed by atoms with E-state index in [1.54, 1.807) is 12.1 Å². The fourth-order valence-electron chi connectivity index (χ4n) is 4.49. The van der Waals surface area contributed by atoms with Crippen molar-refractivity contribution in [2.45, 2.75) is 52.4 Å². The summed E-state index contributed by atoms with van der Waals surface area (Å²) >= 11 is 0. The molecule has 1 aromatic heterocycles. The first-order chi connectivity index (χ1) is 16.4. The lowest BCUT2D eigenvalue weighted by Gasteiger charge is -2.29. The van der Waals surface area contributed by atoms with Crippen LogP contribution in [0.5, 0.6) is 5.75 Å². The molecule has 0 aliphatic carbocycles. The fourth-order valence-corrected chi connectivity index (χ4v) is 4.49. The van der Waals surface area contributed by atoms with Crippen molar-refractivity contribution < 1.29 is 19.1 Å². The Balaban J connectivity index is 1.26. The summed E-state index contributed by atoms with van der Waals surface area (Å²) in [6.45, 7) is 5.49. The summed E-state index contributed by atoms with van der Waals surface area (Å²) in [6.07, 6.45) is 2.43. The zero-order valence-electron chi connectivity index (χ0n) is 19.2. The lowest BCUT2D eigenvalue weighted by Crippen LogP contribution is -2.52. The number of piperidine rings is 1. The number of imidazole rings is 1. The highest BCUT2D eigenvalue weighted by Gasteiger charge is 2.40. The van der Waals surface area contributed by atoms with Gasteiger partial charge in [-0.1, -0.05) is 30.3 Å². The number of carbonyl (C=O) groups excluding carboxylic acids is 3. The van der Waals surface area contributed by atoms with Crippen LogP contribution in [-0.2, 0) is 29.3 Å². The van der Waals surface area contributed by atoms with E-state index in [2.05, 4.69) is 33.9 Å². The third-order valence-corrected chi connectivity index (χ3v) is 6.65. The maximum absolute atomic E-state index is 13.0. The molecule has 2 aliphatic rings. The second-order valence-electron chi connectivity index (χ2n) is 8.83. The van der Waals surface area contributed by atoms with Gasteiger partial charge in [0.25, 0.3) is 5.91 Å². The minimum Gasteiger partial charge on any atom is -0.489 e. The second-order valence-corrected chi connectivity index (χ2v) is 8.83. The minimum atomic E-state index is -0.638. The topological polar surface area (TPSA) is 93.5 Å². The third kappa shape index (κ3) is 4.07. The number of aromatic nitrogens is 2. The van der Waals surface area contributed by atoms with Gasteiger partial charge in [-0.25, -0.2) is 4.98 Å². The molecule has 8 heteroatoms. The van der Waals surface area contributed by atoms with Crippen LogP contribution in [-0.4, -0.2) is 38.2 Å². The van der Waals surface area contributed by atoms with Crippen LogP contribution in [0, 0.1) is 13.8 Å². The van der Waals surface area contributed by atoms with E-state index in [9.17, 15) is 14.4 Å². The lowest BCUT2D eigenvalue weighted by molar-refractivity contribution is -0.136. The number of carbonyl (C=O) groups is 3. The summed E-state index contributed by atoms with van der Waals surface area (Å²) in [5, 5.41) is 2.33. The minimum absolute atomic E-state index is 0.204. The average molecular weight is 459 g/mol. The largest absolute Gasteiger partial charge is 0.489 e. The van der Waals surface area contributed by atoms with Gasteiger partial charge in [0, 0.05) is 29.8 Å². The quantitative estimate of drug-likeness (QED) is 0.574. The van der Waals surface area contributed by atoms with Crippen molar-refractivity contribution in [3.63, 3.8) is 0 Å². The van der Waals surface area contributed by atoms with E-state index in [1.807, 2.05) is 31.5 Å². The molecule has 1 N–H and O–H groups in total. The summed E-state index contributed by atoms with van der Waals surface area (Å²) in [4.78, 5) is 42.6. The number of benzene rings is 2. The first-order valence-electron chi connectivity index (χ1n) is 11.4. The predicted octanol–water partition coefficient (Wildman–Crippen LogP) is 2.89. The molecule has 1 atom stereocenters. The van der Waals surface area contributed by atoms with Crippen LogP contribution in [0.4, 0.5) is 0 Å². The zero-order chi connectivity index (χ0) is 23.8. The number of nitrogens with one attached hydrogen (secondary N) is 1. The Bertz CT molecular complexity index is 1280. The monoisotopic (exact) mass is 458 g/mol. The highest BCUT2D eigenvalue weighted by atomic mass is 16.5. The van der Waals surface area contributed by atoms with Crippen molar-refractivity contribution in [2.24, 2.45) is 0 Å². The van der Waals surface area contributed by atoms with Crippen LogP contribution in [0.3, 0.4) is 0 Å². The summed E-state index contributed by atoms with van der Waals surface area (Å²) in [7, 11) is 0. The normalized spacial score (nSPS) is 17.6. The van der Waals surface area contributed by atoms with Crippen LogP contribution in [0.2, 0.25) is 0 Å². The highest BCUT2D eigenvalue weighted by Crippen LogP contribution is 2.34. The van der Waals surface area contributed by atoms with Gasteiger partial charge >= 0.3 is 0 Å². The summed E-state index contributed by atoms with van der Waals surface area (Å²) < 4.78 is 8.22. The Hall–Kier alpha value is -3.94. The van der Waals surface area contributed by atoms with Crippen molar-refractivity contribution in [1.29, 1.82) is 0 Å². The van der Waals surface area contributed by atoms with Crippen molar-refractivity contribution in [3.8, 4) is 5.75 Å². The standard InChI is InChI=1S/C26H26N4O4/c1-16-17(2)29(15-27-16)12-18-6-8-19(9-7-18)14-34-23-5-3-4-20-21(23)13-30(26(20)33)22-10-11-24(31)28-25(22)32/h3-9,15,22H,10-14H2,1-2H3,(H,28,31,32)/t22-/m1/s1. The van der Waals surface area contributed by atoms with Crippen molar-refractivity contribution >= 4 is 17.7 Å². The van der Waals surface area contributed by atoms with Gasteiger partial charge in [0.15, 0.2) is 0 Å². The molecule has 1 fully saturated rings. The van der Waals surface area contributed by atoms with Crippen LogP contribution >= 0.6 is 0 Å². The highest BCUT2D eigenvalue weighted by molar-refractivity contribution is 6.05. The number of rotatable bonds is 6. The maximum Gasteiger partial charge on any atom is 0.255 e. The molecule has 2 aliphatic heterocycles. The molecular weight excluding hydrogens is 432 g/mol. The summed E-state index contributed by atoms with van der Waals surface area (Å²) in [5.74, 6) is -0.282. The molecule has 8 nitrogen and oxygen atoms in total. The fraction of sp³-hybridized carbons (Fsp3) is 0.308. The molecule has 3 heterocycles. The average Bonchev–Trinajstić information content (AvgIpc) is 3.33. The maximum atomic E-state index is 13.0. The number of fused-ring (bicyclic) bond motifs is 1. The number of hydrogen-bond donors (Lipinski definition) is 1. The molecule has 0 bridgehead atoms. The van der Waals surface area contributed by atoms with E-state index < -0.39 is 11.9 Å². The Kier molecular flexibility index (Phi) is 5.65. The molecule has 2 aromatic carbocycles. The predicted molar refractivity (Wildman–Crippen MR) is 124 cm³/mol. The van der Waals surface area contributed by atoms with Crippen LogP contribution < -0.4 is 10.1 Å². The Morgan fingerprint density at radius 3 is 2.53 bits per heavy atom. The van der Waals surface area contributed by atoms with Crippen molar-refractivity contribution in [1.82, 2.24) is 19.8 Å². The van der Waals surface area contributed by atoms with Crippen molar-refractivity contribution in [3.05, 3.63) is 82.4 Å². The first-order valence-corrected chi connectivity index (χ1v) is 11.4. The van der Waals surface area contributed by atoms with E-state index in [0.29, 0.717) is 30.9 Å². The smallest absolute Gasteiger partial charge is 0.255 e. The van der Waals surface area contributed by atoms with Gasteiger partial charge in [0.1, 0.15) is 18.4 Å². The van der Waals surface area contributed by atoms with Crippen LogP contribution in [0.15, 0.2) is 48.8 Å². The molecule has 3 amide bonds. The van der Waals surface area contributed by atoms with Gasteiger partial charge in [-0.3, -0.25) is 19.7 Å². The Morgan fingerprint density at radius 1 is 1.06 bits per heavy atom. The van der Waals surface area contributed by atoms with E-state index in [4.69, 9.17) is 4.74 Å². The van der Waals surface area contributed by atoms with Gasteiger partial charge in [0.05, 0.1) is 18.6 Å². The third-order valence-electron chi connectivity index (χ3n) is 6.65. The van der Waals surface area contributed by atoms with E-state index in [1.165, 1.54) is 10.5 Å². The van der Waals surface area contributed by atoms with Gasteiger partial charge < -0.3 is 14.2 Å². The number of ether oxygens (including phenoxy) is 1. The van der Waals surface area contributed by atoms with Crippen LogP contribution in [0.25, 0.3) is 0 Å².